The van der Waals surface area contributed by atoms with E-state index in [0.717, 1.165) is 12.1 Å². The highest BCUT2D eigenvalue weighted by Gasteiger charge is 2.11. The van der Waals surface area contributed by atoms with Gasteiger partial charge in [-0.3, -0.25) is 0 Å². The summed E-state index contributed by atoms with van der Waals surface area (Å²) in [5.74, 6) is -3.09. The molecule has 2 N–H and O–H groups in total. The van der Waals surface area contributed by atoms with Crippen molar-refractivity contribution in [2.45, 2.75) is 13.8 Å². The average molecular weight is 186 g/mol. The number of phenols is 1. The van der Waals surface area contributed by atoms with Gasteiger partial charge in [-0.25, -0.2) is 9.18 Å². The van der Waals surface area contributed by atoms with Crippen LogP contribution in [0.25, 0.3) is 0 Å². The van der Waals surface area contributed by atoms with E-state index in [0.29, 0.717) is 0 Å². The number of carboxylic acids is 1. The number of para-hydroxylation sites is 1. The van der Waals surface area contributed by atoms with E-state index < -0.39 is 23.1 Å². The normalized spacial score (nSPS) is 8.54. The molecule has 1 aromatic carbocycles. The van der Waals surface area contributed by atoms with Gasteiger partial charge in [0, 0.05) is 0 Å². The molecule has 4 heteroatoms. The molecule has 0 amide bonds. The van der Waals surface area contributed by atoms with Gasteiger partial charge in [-0.1, -0.05) is 19.9 Å². The third kappa shape index (κ3) is 2.74. The van der Waals surface area contributed by atoms with E-state index in [1.165, 1.54) is 6.07 Å². The Morgan fingerprint density at radius 1 is 1.38 bits per heavy atom. The molecule has 1 rings (SSSR count). The highest BCUT2D eigenvalue weighted by atomic mass is 19.1. The number of halogens is 1. The van der Waals surface area contributed by atoms with E-state index in [1.54, 1.807) is 0 Å². The Morgan fingerprint density at radius 2 is 1.92 bits per heavy atom. The minimum absolute atomic E-state index is 0.426. The molecule has 0 aliphatic carbocycles. The van der Waals surface area contributed by atoms with Gasteiger partial charge in [-0.15, -0.1) is 0 Å². The molecule has 0 saturated carbocycles. The maximum atomic E-state index is 12.4. The summed E-state index contributed by atoms with van der Waals surface area (Å²) in [6.45, 7) is 4.00. The molecule has 0 unspecified atom stereocenters. The maximum Gasteiger partial charge on any atom is 0.339 e. The lowest BCUT2D eigenvalue weighted by Crippen LogP contribution is -1.97. The minimum Gasteiger partial charge on any atom is -0.504 e. The Labute approximate surface area is 75.4 Å². The Bertz CT molecular complexity index is 297. The average Bonchev–Trinajstić information content (AvgIpc) is 2.13. The summed E-state index contributed by atoms with van der Waals surface area (Å²) in [5.41, 5.74) is -0.426. The van der Waals surface area contributed by atoms with Crippen molar-refractivity contribution < 1.29 is 19.4 Å². The van der Waals surface area contributed by atoms with Crippen LogP contribution in [0.4, 0.5) is 4.39 Å². The number of carboxylic acid groups (broad SMARTS) is 1. The van der Waals surface area contributed by atoms with Gasteiger partial charge in [0.2, 0.25) is 0 Å². The van der Waals surface area contributed by atoms with Gasteiger partial charge in [0.1, 0.15) is 5.56 Å². The molecule has 0 aliphatic heterocycles. The lowest BCUT2D eigenvalue weighted by molar-refractivity contribution is 0.0693. The number of hydrogen-bond acceptors (Lipinski definition) is 2. The molecule has 0 fully saturated rings. The number of carbonyl (C=O) groups is 1. The number of rotatable bonds is 1. The zero-order valence-corrected chi connectivity index (χ0v) is 7.41. The van der Waals surface area contributed by atoms with Crippen molar-refractivity contribution in [2.75, 3.05) is 0 Å². The van der Waals surface area contributed by atoms with Crippen LogP contribution in [0.2, 0.25) is 0 Å². The topological polar surface area (TPSA) is 57.5 Å². The van der Waals surface area contributed by atoms with Crippen LogP contribution in [0.5, 0.6) is 5.75 Å². The van der Waals surface area contributed by atoms with Crippen molar-refractivity contribution in [3.63, 3.8) is 0 Å². The molecule has 13 heavy (non-hydrogen) atoms. The third-order valence-electron chi connectivity index (χ3n) is 1.22. The fourth-order valence-corrected chi connectivity index (χ4v) is 0.688. The lowest BCUT2D eigenvalue weighted by atomic mass is 10.2. The van der Waals surface area contributed by atoms with Crippen LogP contribution in [-0.2, 0) is 0 Å². The van der Waals surface area contributed by atoms with Crippen molar-refractivity contribution in [1.82, 2.24) is 0 Å². The molecule has 0 bridgehead atoms. The molecular weight excluding hydrogens is 175 g/mol. The van der Waals surface area contributed by atoms with Gasteiger partial charge in [-0.2, -0.15) is 0 Å². The van der Waals surface area contributed by atoms with E-state index in [2.05, 4.69) is 0 Å². The number of aromatic hydroxyl groups is 1. The lowest BCUT2D eigenvalue weighted by Gasteiger charge is -1.97. The summed E-state index contributed by atoms with van der Waals surface area (Å²) >= 11 is 0. The van der Waals surface area contributed by atoms with Gasteiger partial charge in [0.25, 0.3) is 0 Å². The fourth-order valence-electron chi connectivity index (χ4n) is 0.688. The molecule has 0 spiro atoms. The highest BCUT2D eigenvalue weighted by molar-refractivity contribution is 5.90. The molecule has 72 valence electrons. The predicted octanol–water partition coefficient (Wildman–Crippen LogP) is 2.26. The van der Waals surface area contributed by atoms with Gasteiger partial charge < -0.3 is 10.2 Å². The Kier molecular flexibility index (Phi) is 4.51. The largest absolute Gasteiger partial charge is 0.504 e. The molecule has 3 nitrogen and oxygen atoms in total. The van der Waals surface area contributed by atoms with Crippen LogP contribution < -0.4 is 0 Å². The first kappa shape index (κ1) is 11.4. The molecular formula is C9H11FO3. The molecule has 0 radical (unpaired) electrons. The predicted molar refractivity (Wildman–Crippen MR) is 46.4 cm³/mol. The number of benzene rings is 1. The van der Waals surface area contributed by atoms with Crippen LogP contribution in [0.3, 0.4) is 0 Å². The molecule has 0 atom stereocenters. The maximum absolute atomic E-state index is 12.4. The fraction of sp³-hybridized carbons (Fsp3) is 0.222. The van der Waals surface area contributed by atoms with Crippen molar-refractivity contribution in [1.29, 1.82) is 0 Å². The van der Waals surface area contributed by atoms with Gasteiger partial charge >= 0.3 is 5.97 Å². The molecule has 0 saturated heterocycles. The minimum atomic E-state index is -1.35. The number of aromatic carboxylic acids is 1. The summed E-state index contributed by atoms with van der Waals surface area (Å²) in [6, 6.07) is 3.33. The standard InChI is InChI=1S/C7H5FO3.C2H6/c8-5-3-1-2-4(6(5)9)7(10)11;1-2/h1-3,9H,(H,10,11);1-2H3. The van der Waals surface area contributed by atoms with Gasteiger partial charge in [0.15, 0.2) is 11.6 Å². The van der Waals surface area contributed by atoms with E-state index in [-0.39, 0.29) is 0 Å². The van der Waals surface area contributed by atoms with Crippen LogP contribution >= 0.6 is 0 Å². The second-order valence-electron chi connectivity index (χ2n) is 1.94. The van der Waals surface area contributed by atoms with E-state index >= 15 is 0 Å². The molecule has 0 aromatic heterocycles. The first-order chi connectivity index (χ1) is 6.13. The second-order valence-corrected chi connectivity index (χ2v) is 1.94. The second kappa shape index (κ2) is 5.13. The van der Waals surface area contributed by atoms with Crippen molar-refractivity contribution in [3.05, 3.63) is 29.6 Å². The monoisotopic (exact) mass is 186 g/mol. The van der Waals surface area contributed by atoms with Crippen molar-refractivity contribution >= 4 is 5.97 Å². The number of hydrogen-bond donors (Lipinski definition) is 2. The smallest absolute Gasteiger partial charge is 0.339 e. The molecule has 0 heterocycles. The van der Waals surface area contributed by atoms with Gasteiger partial charge in [0.05, 0.1) is 0 Å². The first-order valence-electron chi connectivity index (χ1n) is 3.83. The van der Waals surface area contributed by atoms with Crippen LogP contribution in [0.1, 0.15) is 24.2 Å². The summed E-state index contributed by atoms with van der Waals surface area (Å²) in [6.07, 6.45) is 0. The first-order valence-corrected chi connectivity index (χ1v) is 3.83. The third-order valence-corrected chi connectivity index (χ3v) is 1.22. The zero-order valence-electron chi connectivity index (χ0n) is 7.41. The Hall–Kier alpha value is -1.58. The quantitative estimate of drug-likeness (QED) is 0.707. The van der Waals surface area contributed by atoms with E-state index in [9.17, 15) is 9.18 Å². The summed E-state index contributed by atoms with van der Waals surface area (Å²) in [5, 5.41) is 17.2. The van der Waals surface area contributed by atoms with Crippen LogP contribution in [0.15, 0.2) is 18.2 Å². The SMILES string of the molecule is CC.O=C(O)c1cccc(F)c1O. The van der Waals surface area contributed by atoms with Crippen molar-refractivity contribution in [3.8, 4) is 5.75 Å². The van der Waals surface area contributed by atoms with E-state index in [4.69, 9.17) is 10.2 Å². The molecule has 0 aliphatic rings. The highest BCUT2D eigenvalue weighted by Crippen LogP contribution is 2.19. The van der Waals surface area contributed by atoms with Gasteiger partial charge in [-0.05, 0) is 12.1 Å². The summed E-state index contributed by atoms with van der Waals surface area (Å²) in [4.78, 5) is 10.2. The van der Waals surface area contributed by atoms with E-state index in [1.807, 2.05) is 13.8 Å². The summed E-state index contributed by atoms with van der Waals surface area (Å²) < 4.78 is 12.4. The Balaban J connectivity index is 0.000000671. The summed E-state index contributed by atoms with van der Waals surface area (Å²) in [7, 11) is 0. The van der Waals surface area contributed by atoms with Crippen LogP contribution in [-0.4, -0.2) is 16.2 Å². The Morgan fingerprint density at radius 3 is 2.31 bits per heavy atom. The van der Waals surface area contributed by atoms with Crippen molar-refractivity contribution in [2.24, 2.45) is 0 Å². The van der Waals surface area contributed by atoms with Crippen LogP contribution in [0, 0.1) is 5.82 Å². The zero-order chi connectivity index (χ0) is 10.4. The molecule has 1 aromatic rings.